The molecular formula is C5H11AlO. The Bertz CT molecular complexity index is 39.1. The van der Waals surface area contributed by atoms with Crippen molar-refractivity contribution in [1.29, 1.82) is 0 Å². The smallest absolute Gasteiger partial charge is 0.369 e. The van der Waals surface area contributed by atoms with E-state index in [0.717, 1.165) is 6.42 Å². The van der Waals surface area contributed by atoms with E-state index in [4.69, 9.17) is 3.79 Å². The third-order valence-corrected chi connectivity index (χ3v) is 1.39. The number of hydrogen-bond donors (Lipinski definition) is 0. The molecule has 0 bridgehead atoms. The summed E-state index contributed by atoms with van der Waals surface area (Å²) in [6, 6.07) is 0. The third kappa shape index (κ3) is 4.34. The van der Waals surface area contributed by atoms with Crippen LogP contribution in [0.15, 0.2) is 0 Å². The summed E-state index contributed by atoms with van der Waals surface area (Å²) in [5.74, 6) is 0. The van der Waals surface area contributed by atoms with Crippen molar-refractivity contribution in [3.05, 3.63) is 0 Å². The highest BCUT2D eigenvalue weighted by Gasteiger charge is 1.91. The highest BCUT2D eigenvalue weighted by Crippen LogP contribution is 1.96. The van der Waals surface area contributed by atoms with Gasteiger partial charge in [-0.2, -0.15) is 0 Å². The van der Waals surface area contributed by atoms with Crippen LogP contribution in [-0.4, -0.2) is 22.7 Å². The first-order valence-electron chi connectivity index (χ1n) is 2.66. The number of hydrogen-bond acceptors (Lipinski definition) is 1. The molecule has 0 aliphatic rings. The lowest BCUT2D eigenvalue weighted by Crippen LogP contribution is -2.03. The van der Waals surface area contributed by atoms with Gasteiger partial charge in [0.25, 0.3) is 0 Å². The molecule has 0 saturated carbocycles. The van der Waals surface area contributed by atoms with Crippen LogP contribution in [0.3, 0.4) is 0 Å². The molecule has 1 unspecified atom stereocenters. The van der Waals surface area contributed by atoms with Crippen LogP contribution >= 0.6 is 0 Å². The maximum absolute atomic E-state index is 4.91. The largest absolute Gasteiger partial charge is 0.514 e. The van der Waals surface area contributed by atoms with Crippen LogP contribution in [0.25, 0.3) is 0 Å². The van der Waals surface area contributed by atoms with Crippen molar-refractivity contribution >= 4 is 16.6 Å². The summed E-state index contributed by atoms with van der Waals surface area (Å²) in [7, 11) is 0. The zero-order chi connectivity index (χ0) is 5.70. The molecule has 2 heteroatoms. The maximum Gasteiger partial charge on any atom is 0.369 e. The van der Waals surface area contributed by atoms with E-state index in [1.807, 2.05) is 0 Å². The van der Waals surface area contributed by atoms with E-state index in [1.165, 1.54) is 6.42 Å². The Kier molecular flexibility index (Phi) is 4.97. The van der Waals surface area contributed by atoms with E-state index >= 15 is 0 Å². The average Bonchev–Trinajstić information content (AvgIpc) is 1.68. The molecule has 1 nitrogen and oxygen atoms in total. The molecule has 0 aliphatic carbocycles. The Balaban J connectivity index is 2.83. The molecule has 0 aromatic rings. The molecule has 0 saturated heterocycles. The van der Waals surface area contributed by atoms with Crippen LogP contribution in [0.5, 0.6) is 0 Å². The lowest BCUT2D eigenvalue weighted by molar-refractivity contribution is 0.230. The molecule has 0 aliphatic heterocycles. The van der Waals surface area contributed by atoms with Crippen molar-refractivity contribution < 1.29 is 3.79 Å². The van der Waals surface area contributed by atoms with Gasteiger partial charge in [-0.1, -0.05) is 13.3 Å². The van der Waals surface area contributed by atoms with Crippen LogP contribution in [-0.2, 0) is 3.79 Å². The molecule has 1 atom stereocenters. The zero-order valence-electron chi connectivity index (χ0n) is 4.98. The first kappa shape index (κ1) is 7.49. The predicted octanol–water partition coefficient (Wildman–Crippen LogP) is 1.28. The Morgan fingerprint density at radius 1 is 1.71 bits per heavy atom. The van der Waals surface area contributed by atoms with Gasteiger partial charge < -0.3 is 3.79 Å². The van der Waals surface area contributed by atoms with Crippen molar-refractivity contribution in [3.8, 4) is 0 Å². The quantitative estimate of drug-likeness (QED) is 0.502. The first-order valence-corrected chi connectivity index (χ1v) is 3.14. The summed E-state index contributed by atoms with van der Waals surface area (Å²) < 4.78 is 4.91. The van der Waals surface area contributed by atoms with Gasteiger partial charge in [0.2, 0.25) is 0 Å². The van der Waals surface area contributed by atoms with E-state index in [1.54, 1.807) is 0 Å². The van der Waals surface area contributed by atoms with Crippen LogP contribution in [0.2, 0.25) is 0 Å². The second-order valence-electron chi connectivity index (χ2n) is 1.74. The van der Waals surface area contributed by atoms with Gasteiger partial charge in [-0.15, -0.1) is 0 Å². The summed E-state index contributed by atoms with van der Waals surface area (Å²) in [5, 5.41) is 0. The van der Waals surface area contributed by atoms with Gasteiger partial charge in [-0.3, -0.25) is 0 Å². The topological polar surface area (TPSA) is 9.23 Å². The minimum Gasteiger partial charge on any atom is -0.514 e. The minimum atomic E-state index is 0.412. The van der Waals surface area contributed by atoms with Crippen molar-refractivity contribution in [1.82, 2.24) is 0 Å². The van der Waals surface area contributed by atoms with Gasteiger partial charge in [-0.25, -0.2) is 0 Å². The molecule has 0 fully saturated rings. The average molecular weight is 114 g/mol. The second-order valence-corrected chi connectivity index (χ2v) is 2.01. The predicted molar refractivity (Wildman–Crippen MR) is 31.2 cm³/mol. The molecule has 0 amide bonds. The molecule has 0 spiro atoms. The lowest BCUT2D eigenvalue weighted by Gasteiger charge is -2.07. The van der Waals surface area contributed by atoms with E-state index < -0.39 is 0 Å². The maximum atomic E-state index is 4.91. The van der Waals surface area contributed by atoms with Crippen molar-refractivity contribution in [2.75, 3.05) is 0 Å². The Hall–Kier alpha value is 0.492. The molecule has 0 heterocycles. The summed E-state index contributed by atoms with van der Waals surface area (Å²) in [5.41, 5.74) is 0. The van der Waals surface area contributed by atoms with Gasteiger partial charge in [0.15, 0.2) is 0 Å². The standard InChI is InChI=1S/C5H11O.Al/c1-3-4-5(2)6;/h5H,3-4H2,1-2H3;/q-1;+1. The summed E-state index contributed by atoms with van der Waals surface area (Å²) in [4.78, 5) is 0. The van der Waals surface area contributed by atoms with Gasteiger partial charge in [0, 0.05) is 6.10 Å². The molecule has 0 aromatic heterocycles. The van der Waals surface area contributed by atoms with Crippen molar-refractivity contribution in [3.63, 3.8) is 0 Å². The van der Waals surface area contributed by atoms with Crippen LogP contribution in [0.4, 0.5) is 0 Å². The normalized spacial score (nSPS) is 14.0. The van der Waals surface area contributed by atoms with Crippen LogP contribution in [0.1, 0.15) is 26.7 Å². The van der Waals surface area contributed by atoms with E-state index in [-0.39, 0.29) is 0 Å². The fourth-order valence-electron chi connectivity index (χ4n) is 0.475. The molecule has 40 valence electrons. The number of rotatable bonds is 3. The van der Waals surface area contributed by atoms with Gasteiger partial charge in [0.1, 0.15) is 0 Å². The van der Waals surface area contributed by atoms with Crippen LogP contribution < -0.4 is 0 Å². The zero-order valence-corrected chi connectivity index (χ0v) is 6.13. The van der Waals surface area contributed by atoms with Crippen LogP contribution in [0, 0.1) is 0 Å². The molecular weight excluding hydrogens is 103 g/mol. The van der Waals surface area contributed by atoms with Gasteiger partial charge in [0.05, 0.1) is 0 Å². The van der Waals surface area contributed by atoms with E-state index in [2.05, 4.69) is 30.5 Å². The first-order chi connectivity index (χ1) is 3.31. The molecule has 0 aromatic carbocycles. The molecule has 0 N–H and O–H groups in total. The summed E-state index contributed by atoms with van der Waals surface area (Å²) in [6.45, 7) is 4.22. The molecule has 7 heavy (non-hydrogen) atoms. The fraction of sp³-hybridized carbons (Fsp3) is 1.00. The lowest BCUT2D eigenvalue weighted by atomic mass is 10.2. The SMILES string of the molecule is CCCC(C)[O][Al]. The van der Waals surface area contributed by atoms with E-state index in [9.17, 15) is 0 Å². The molecule has 2 radical (unpaired) electrons. The molecule has 0 rings (SSSR count). The third-order valence-electron chi connectivity index (χ3n) is 0.928. The van der Waals surface area contributed by atoms with Crippen molar-refractivity contribution in [2.45, 2.75) is 32.8 Å². The minimum absolute atomic E-state index is 0.412. The fourth-order valence-corrected chi connectivity index (χ4v) is 0.611. The monoisotopic (exact) mass is 114 g/mol. The van der Waals surface area contributed by atoms with E-state index in [0.29, 0.717) is 6.10 Å². The Labute approximate surface area is 53.8 Å². The van der Waals surface area contributed by atoms with Crippen molar-refractivity contribution in [2.24, 2.45) is 0 Å². The Morgan fingerprint density at radius 3 is 2.43 bits per heavy atom. The Morgan fingerprint density at radius 2 is 2.29 bits per heavy atom. The van der Waals surface area contributed by atoms with Gasteiger partial charge >= 0.3 is 16.6 Å². The summed E-state index contributed by atoms with van der Waals surface area (Å²) in [6.07, 6.45) is 2.77. The highest BCUT2D eigenvalue weighted by atomic mass is 27.1. The second kappa shape index (κ2) is 4.65. The van der Waals surface area contributed by atoms with Gasteiger partial charge in [-0.05, 0) is 13.3 Å². The highest BCUT2D eigenvalue weighted by molar-refractivity contribution is 5.98. The summed E-state index contributed by atoms with van der Waals surface area (Å²) >= 11 is 2.27.